The second kappa shape index (κ2) is 9.83. The highest BCUT2D eigenvalue weighted by Crippen LogP contribution is 2.44. The van der Waals surface area contributed by atoms with Gasteiger partial charge in [0.2, 0.25) is 0 Å². The van der Waals surface area contributed by atoms with Crippen LogP contribution in [0.15, 0.2) is 48.5 Å². The summed E-state index contributed by atoms with van der Waals surface area (Å²) in [7, 11) is 0. The van der Waals surface area contributed by atoms with Crippen LogP contribution in [0.1, 0.15) is 44.2 Å². The standard InChI is InChI=1S/C24H30N2O5/c1-24(2,3)31-22(28)25-13-12-16(14-27)26-23(29)30-15-21-19-10-6-4-8-17(19)18-9-5-7-11-20(18)21/h4-11,16,21,27H,12-15H2,1-3H3,(H,25,28)(H,26,29)/t16-/m1/s1. The van der Waals surface area contributed by atoms with Crippen molar-refractivity contribution in [2.24, 2.45) is 0 Å². The Labute approximate surface area is 182 Å². The zero-order valence-electron chi connectivity index (χ0n) is 18.2. The lowest BCUT2D eigenvalue weighted by molar-refractivity contribution is 0.0524. The molecule has 2 aromatic carbocycles. The van der Waals surface area contributed by atoms with Crippen molar-refractivity contribution in [1.82, 2.24) is 10.6 Å². The molecule has 0 aliphatic heterocycles. The van der Waals surface area contributed by atoms with Gasteiger partial charge in [0, 0.05) is 12.5 Å². The number of carbonyl (C=O) groups excluding carboxylic acids is 2. The Morgan fingerprint density at radius 3 is 2.13 bits per heavy atom. The fraction of sp³-hybridized carbons (Fsp3) is 0.417. The first-order chi connectivity index (χ1) is 14.8. The molecular weight excluding hydrogens is 396 g/mol. The summed E-state index contributed by atoms with van der Waals surface area (Å²) in [6, 6.07) is 15.7. The molecule has 1 aliphatic rings. The summed E-state index contributed by atoms with van der Waals surface area (Å²) in [5.74, 6) is -0.0282. The number of rotatable bonds is 7. The molecule has 0 unspecified atom stereocenters. The van der Waals surface area contributed by atoms with Gasteiger partial charge in [-0.25, -0.2) is 9.59 Å². The first-order valence-corrected chi connectivity index (χ1v) is 10.5. The summed E-state index contributed by atoms with van der Waals surface area (Å²) < 4.78 is 10.7. The maximum atomic E-state index is 12.3. The summed E-state index contributed by atoms with van der Waals surface area (Å²) in [6.45, 7) is 5.53. The quantitative estimate of drug-likeness (QED) is 0.626. The molecule has 7 nitrogen and oxygen atoms in total. The molecule has 0 saturated carbocycles. The maximum absolute atomic E-state index is 12.3. The summed E-state index contributed by atoms with van der Waals surface area (Å²) in [5, 5.41) is 14.8. The predicted molar refractivity (Wildman–Crippen MR) is 118 cm³/mol. The molecule has 0 aromatic heterocycles. The Hall–Kier alpha value is -3.06. The average molecular weight is 427 g/mol. The van der Waals surface area contributed by atoms with Crippen molar-refractivity contribution < 1.29 is 24.2 Å². The van der Waals surface area contributed by atoms with Crippen LogP contribution in [0.25, 0.3) is 11.1 Å². The highest BCUT2D eigenvalue weighted by Gasteiger charge is 2.29. The van der Waals surface area contributed by atoms with Crippen molar-refractivity contribution in [3.8, 4) is 11.1 Å². The van der Waals surface area contributed by atoms with E-state index in [1.54, 1.807) is 20.8 Å². The van der Waals surface area contributed by atoms with Crippen LogP contribution in [0.2, 0.25) is 0 Å². The van der Waals surface area contributed by atoms with Gasteiger partial charge in [-0.2, -0.15) is 0 Å². The van der Waals surface area contributed by atoms with Crippen molar-refractivity contribution in [3.05, 3.63) is 59.7 Å². The van der Waals surface area contributed by atoms with Crippen molar-refractivity contribution in [3.63, 3.8) is 0 Å². The number of aliphatic hydroxyl groups excluding tert-OH is 1. The topological polar surface area (TPSA) is 96.9 Å². The molecule has 2 amide bonds. The first kappa shape index (κ1) is 22.6. The maximum Gasteiger partial charge on any atom is 0.407 e. The molecule has 0 spiro atoms. The van der Waals surface area contributed by atoms with Gasteiger partial charge in [-0.3, -0.25) is 0 Å². The third kappa shape index (κ3) is 5.98. The summed E-state index contributed by atoms with van der Waals surface area (Å²) in [6.07, 6.45) is -0.788. The van der Waals surface area contributed by atoms with Crippen LogP contribution >= 0.6 is 0 Å². The van der Waals surface area contributed by atoms with E-state index in [0.29, 0.717) is 6.42 Å². The van der Waals surface area contributed by atoms with E-state index < -0.39 is 23.8 Å². The SMILES string of the molecule is CC(C)(C)OC(=O)NCC[C@H](CO)NC(=O)OCC1c2ccccc2-c2ccccc21. The lowest BCUT2D eigenvalue weighted by Gasteiger charge is -2.21. The normalized spacial score (nSPS) is 13.7. The lowest BCUT2D eigenvalue weighted by atomic mass is 9.98. The Morgan fingerprint density at radius 2 is 1.58 bits per heavy atom. The van der Waals surface area contributed by atoms with Crippen LogP contribution < -0.4 is 10.6 Å². The number of amides is 2. The average Bonchev–Trinajstić information content (AvgIpc) is 3.04. The Morgan fingerprint density at radius 1 is 1.00 bits per heavy atom. The summed E-state index contributed by atoms with van der Waals surface area (Å²) in [4.78, 5) is 24.0. The molecule has 0 heterocycles. The third-order valence-corrected chi connectivity index (χ3v) is 5.05. The van der Waals surface area contributed by atoms with Gasteiger partial charge in [-0.05, 0) is 49.4 Å². The molecule has 31 heavy (non-hydrogen) atoms. The molecule has 3 rings (SSSR count). The van der Waals surface area contributed by atoms with Crippen LogP contribution in [0, 0.1) is 0 Å². The minimum absolute atomic E-state index is 0.0282. The molecule has 7 heteroatoms. The van der Waals surface area contributed by atoms with E-state index in [-0.39, 0.29) is 25.7 Å². The van der Waals surface area contributed by atoms with Crippen LogP contribution in [0.5, 0.6) is 0 Å². The number of carbonyl (C=O) groups is 2. The van der Waals surface area contributed by atoms with E-state index in [4.69, 9.17) is 9.47 Å². The molecule has 0 saturated heterocycles. The van der Waals surface area contributed by atoms with E-state index in [2.05, 4.69) is 34.9 Å². The van der Waals surface area contributed by atoms with E-state index in [1.165, 1.54) is 0 Å². The van der Waals surface area contributed by atoms with Gasteiger partial charge in [0.1, 0.15) is 12.2 Å². The minimum Gasteiger partial charge on any atom is -0.449 e. The molecule has 0 fully saturated rings. The minimum atomic E-state index is -0.599. The molecule has 1 atom stereocenters. The van der Waals surface area contributed by atoms with Gasteiger partial charge >= 0.3 is 12.2 Å². The van der Waals surface area contributed by atoms with Gasteiger partial charge in [-0.1, -0.05) is 48.5 Å². The number of fused-ring (bicyclic) bond motifs is 3. The Balaban J connectivity index is 1.50. The fourth-order valence-corrected chi connectivity index (χ4v) is 3.68. The zero-order chi connectivity index (χ0) is 22.4. The van der Waals surface area contributed by atoms with Gasteiger partial charge in [-0.15, -0.1) is 0 Å². The Bertz CT molecular complexity index is 877. The predicted octanol–water partition coefficient (Wildman–Crippen LogP) is 3.80. The largest absolute Gasteiger partial charge is 0.449 e. The zero-order valence-corrected chi connectivity index (χ0v) is 18.2. The first-order valence-electron chi connectivity index (χ1n) is 10.5. The molecule has 2 aromatic rings. The van der Waals surface area contributed by atoms with Crippen molar-refractivity contribution >= 4 is 12.2 Å². The number of alkyl carbamates (subject to hydrolysis) is 2. The monoisotopic (exact) mass is 426 g/mol. The molecule has 3 N–H and O–H groups in total. The van der Waals surface area contributed by atoms with Crippen molar-refractivity contribution in [2.75, 3.05) is 19.8 Å². The van der Waals surface area contributed by atoms with E-state index in [0.717, 1.165) is 22.3 Å². The number of aliphatic hydroxyl groups is 1. The van der Waals surface area contributed by atoms with Gasteiger partial charge in [0.05, 0.1) is 12.6 Å². The van der Waals surface area contributed by atoms with E-state index >= 15 is 0 Å². The molecule has 0 bridgehead atoms. The molecule has 0 radical (unpaired) electrons. The summed E-state index contributed by atoms with van der Waals surface area (Å²) in [5.41, 5.74) is 4.01. The van der Waals surface area contributed by atoms with E-state index in [9.17, 15) is 14.7 Å². The Kier molecular flexibility index (Phi) is 7.17. The van der Waals surface area contributed by atoms with Crippen LogP contribution in [-0.2, 0) is 9.47 Å². The van der Waals surface area contributed by atoms with E-state index in [1.807, 2.05) is 24.3 Å². The highest BCUT2D eigenvalue weighted by molar-refractivity contribution is 5.79. The van der Waals surface area contributed by atoms with Crippen LogP contribution in [0.3, 0.4) is 0 Å². The van der Waals surface area contributed by atoms with Gasteiger partial charge in [0.15, 0.2) is 0 Å². The van der Waals surface area contributed by atoms with Gasteiger partial charge < -0.3 is 25.2 Å². The summed E-state index contributed by atoms with van der Waals surface area (Å²) >= 11 is 0. The number of benzene rings is 2. The van der Waals surface area contributed by atoms with Crippen molar-refractivity contribution in [1.29, 1.82) is 0 Å². The lowest BCUT2D eigenvalue weighted by Crippen LogP contribution is -2.41. The smallest absolute Gasteiger partial charge is 0.407 e. The van der Waals surface area contributed by atoms with Crippen LogP contribution in [-0.4, -0.2) is 48.7 Å². The molecule has 1 aliphatic carbocycles. The molecular formula is C24H30N2O5. The van der Waals surface area contributed by atoms with Crippen LogP contribution in [0.4, 0.5) is 9.59 Å². The number of hydrogen-bond donors (Lipinski definition) is 3. The second-order valence-electron chi connectivity index (χ2n) is 8.57. The van der Waals surface area contributed by atoms with Gasteiger partial charge in [0.25, 0.3) is 0 Å². The number of ether oxygens (including phenoxy) is 2. The fourth-order valence-electron chi connectivity index (χ4n) is 3.68. The molecule has 166 valence electrons. The highest BCUT2D eigenvalue weighted by atomic mass is 16.6. The van der Waals surface area contributed by atoms with Crippen molar-refractivity contribution in [2.45, 2.75) is 44.8 Å². The number of nitrogens with one attached hydrogen (secondary N) is 2. The third-order valence-electron chi connectivity index (χ3n) is 5.05. The second-order valence-corrected chi connectivity index (χ2v) is 8.57. The number of hydrogen-bond acceptors (Lipinski definition) is 5.